The van der Waals surface area contributed by atoms with Gasteiger partial charge in [-0.2, -0.15) is 4.98 Å². The topological polar surface area (TPSA) is 120 Å². The van der Waals surface area contributed by atoms with Crippen molar-refractivity contribution in [3.8, 4) is 0 Å². The van der Waals surface area contributed by atoms with Crippen molar-refractivity contribution in [1.82, 2.24) is 19.5 Å². The summed E-state index contributed by atoms with van der Waals surface area (Å²) < 4.78 is 35.6. The van der Waals surface area contributed by atoms with Crippen LogP contribution in [0.5, 0.6) is 0 Å². The monoisotopic (exact) mass is 505 g/mol. The molecule has 2 aliphatic rings. The van der Waals surface area contributed by atoms with E-state index in [1.54, 1.807) is 6.20 Å². The summed E-state index contributed by atoms with van der Waals surface area (Å²) in [6.07, 6.45) is 6.09. The molecule has 2 aromatic heterocycles. The number of nitrogens with zero attached hydrogens (tertiary/aromatic N) is 4. The molecule has 1 saturated carbocycles. The van der Waals surface area contributed by atoms with Crippen LogP contribution in [0.15, 0.2) is 18.3 Å². The number of carbonyl (C=O) groups is 1. The number of carbonyl (C=O) groups excluding carboxylic acids is 1. The second-order valence-corrected chi connectivity index (χ2v) is 9.45. The van der Waals surface area contributed by atoms with E-state index in [2.05, 4.69) is 20.6 Å². The summed E-state index contributed by atoms with van der Waals surface area (Å²) >= 11 is 6.13. The van der Waals surface area contributed by atoms with Crippen LogP contribution >= 0.6 is 11.6 Å². The quantitative estimate of drug-likeness (QED) is 0.456. The summed E-state index contributed by atoms with van der Waals surface area (Å²) in [6, 6.07) is 1.83. The molecule has 3 aromatic rings. The molecule has 1 aromatic carbocycles. The number of ether oxygens (including phenoxy) is 1. The van der Waals surface area contributed by atoms with Crippen LogP contribution in [0, 0.1) is 17.6 Å². The molecule has 0 spiro atoms. The fourth-order valence-electron chi connectivity index (χ4n) is 4.82. The number of fused-ring (bicyclic) bond motifs is 1. The number of nitrogens with one attached hydrogen (secondary N) is 2. The maximum Gasteiger partial charge on any atom is 0.225 e. The van der Waals surface area contributed by atoms with Gasteiger partial charge in [-0.15, -0.1) is 0 Å². The molecule has 2 fully saturated rings. The second-order valence-electron chi connectivity index (χ2n) is 9.04. The van der Waals surface area contributed by atoms with Gasteiger partial charge in [0.15, 0.2) is 11.5 Å². The Morgan fingerprint density at radius 3 is 2.66 bits per heavy atom. The molecule has 9 nitrogen and oxygen atoms in total. The molecule has 1 aliphatic carbocycles. The molecule has 1 amide bonds. The highest BCUT2D eigenvalue weighted by Gasteiger charge is 2.29. The van der Waals surface area contributed by atoms with Crippen LogP contribution in [0.4, 0.5) is 26.4 Å². The Morgan fingerprint density at radius 2 is 1.97 bits per heavy atom. The third-order valence-corrected chi connectivity index (χ3v) is 6.93. The fraction of sp³-hybridized carbons (Fsp3) is 0.478. The highest BCUT2D eigenvalue weighted by atomic mass is 35.5. The molecule has 0 bridgehead atoms. The molecular weight excluding hydrogens is 480 g/mol. The van der Waals surface area contributed by atoms with Gasteiger partial charge < -0.3 is 21.1 Å². The Morgan fingerprint density at radius 1 is 1.17 bits per heavy atom. The molecule has 1 aliphatic heterocycles. The number of rotatable bonds is 6. The average Bonchev–Trinajstić information content (AvgIpc) is 3.19. The maximum absolute atomic E-state index is 14.6. The van der Waals surface area contributed by atoms with Gasteiger partial charge >= 0.3 is 0 Å². The van der Waals surface area contributed by atoms with Gasteiger partial charge in [0.05, 0.1) is 29.6 Å². The van der Waals surface area contributed by atoms with Gasteiger partial charge in [0.1, 0.15) is 11.3 Å². The van der Waals surface area contributed by atoms with Crippen molar-refractivity contribution in [2.24, 2.45) is 11.7 Å². The van der Waals surface area contributed by atoms with E-state index >= 15 is 0 Å². The lowest BCUT2D eigenvalue weighted by molar-refractivity contribution is -0.122. The number of benzene rings is 1. The summed E-state index contributed by atoms with van der Waals surface area (Å²) in [5.74, 6) is -1.35. The standard InChI is InChI=1S/C23H26ClF2N7O2/c24-16-8-13(25)9-17(26)19(16)31-23-30-18-10-28-22(29-14-2-1-7-35-11-14)32-21(18)33(23)15-5-3-12(4-6-15)20(27)34/h8-10,12,14-15H,1-7,11H2,(H2,27,34)(H,30,31)(H,28,29,32)/t12?,14-,15?/m0/s1. The minimum absolute atomic E-state index is 0.0684. The molecule has 4 N–H and O–H groups in total. The average molecular weight is 506 g/mol. The molecule has 5 rings (SSSR count). The summed E-state index contributed by atoms with van der Waals surface area (Å²) in [7, 11) is 0. The number of halogens is 3. The van der Waals surface area contributed by atoms with Crippen molar-refractivity contribution in [2.45, 2.75) is 50.6 Å². The number of hydrogen-bond donors (Lipinski definition) is 3. The molecule has 12 heteroatoms. The lowest BCUT2D eigenvalue weighted by Crippen LogP contribution is -2.31. The van der Waals surface area contributed by atoms with Crippen LogP contribution in [0.2, 0.25) is 5.02 Å². The van der Waals surface area contributed by atoms with Gasteiger partial charge in [0, 0.05) is 24.6 Å². The zero-order chi connectivity index (χ0) is 24.5. The van der Waals surface area contributed by atoms with Gasteiger partial charge in [0.2, 0.25) is 17.8 Å². The van der Waals surface area contributed by atoms with E-state index in [0.717, 1.165) is 31.6 Å². The normalized spacial score (nSPS) is 22.8. The van der Waals surface area contributed by atoms with Gasteiger partial charge in [-0.3, -0.25) is 9.36 Å². The Labute approximate surface area is 205 Å². The van der Waals surface area contributed by atoms with E-state index in [-0.39, 0.29) is 34.6 Å². The lowest BCUT2D eigenvalue weighted by atomic mass is 9.85. The molecule has 1 saturated heterocycles. The molecule has 186 valence electrons. The van der Waals surface area contributed by atoms with E-state index in [0.29, 0.717) is 55.4 Å². The lowest BCUT2D eigenvalue weighted by Gasteiger charge is -2.29. The van der Waals surface area contributed by atoms with Crippen molar-refractivity contribution < 1.29 is 18.3 Å². The van der Waals surface area contributed by atoms with E-state index in [4.69, 9.17) is 27.1 Å². The van der Waals surface area contributed by atoms with Crippen LogP contribution in [-0.4, -0.2) is 44.7 Å². The molecule has 3 heterocycles. The van der Waals surface area contributed by atoms with Crippen LogP contribution in [0.25, 0.3) is 11.2 Å². The van der Waals surface area contributed by atoms with Crippen LogP contribution < -0.4 is 16.4 Å². The van der Waals surface area contributed by atoms with E-state index < -0.39 is 11.6 Å². The SMILES string of the molecule is NC(=O)C1CCC(n2c(Nc3c(F)cc(F)cc3Cl)nc3cnc(N[C@H]4CCCOC4)nc32)CC1. The Bertz CT molecular complexity index is 1220. The highest BCUT2D eigenvalue weighted by molar-refractivity contribution is 6.33. The molecule has 1 atom stereocenters. The summed E-state index contributed by atoms with van der Waals surface area (Å²) in [5, 5.41) is 6.14. The van der Waals surface area contributed by atoms with Crippen molar-refractivity contribution in [3.05, 3.63) is 35.0 Å². The Hall–Kier alpha value is -3.05. The third kappa shape index (κ3) is 5.01. The van der Waals surface area contributed by atoms with Crippen LogP contribution in [0.1, 0.15) is 44.6 Å². The number of anilines is 3. The number of amides is 1. The van der Waals surface area contributed by atoms with Gasteiger partial charge in [-0.1, -0.05) is 11.6 Å². The third-order valence-electron chi connectivity index (χ3n) is 6.63. The number of hydrogen-bond acceptors (Lipinski definition) is 7. The van der Waals surface area contributed by atoms with Crippen molar-refractivity contribution in [2.75, 3.05) is 23.8 Å². The van der Waals surface area contributed by atoms with Crippen molar-refractivity contribution in [3.63, 3.8) is 0 Å². The number of nitrogens with two attached hydrogens (primary N) is 1. The van der Waals surface area contributed by atoms with E-state index in [1.165, 1.54) is 0 Å². The number of imidazole rings is 1. The smallest absolute Gasteiger partial charge is 0.225 e. The molecule has 0 unspecified atom stereocenters. The zero-order valence-electron chi connectivity index (χ0n) is 18.9. The summed E-state index contributed by atoms with van der Waals surface area (Å²) in [4.78, 5) is 25.4. The van der Waals surface area contributed by atoms with Crippen LogP contribution in [-0.2, 0) is 9.53 Å². The second kappa shape index (κ2) is 9.90. The first-order valence-corrected chi connectivity index (χ1v) is 12.1. The predicted molar refractivity (Wildman–Crippen MR) is 128 cm³/mol. The number of primary amides is 1. The Balaban J connectivity index is 1.52. The van der Waals surface area contributed by atoms with Gasteiger partial charge in [0.25, 0.3) is 0 Å². The van der Waals surface area contributed by atoms with E-state index in [1.807, 2.05) is 4.57 Å². The van der Waals surface area contributed by atoms with Crippen molar-refractivity contribution >= 4 is 46.3 Å². The van der Waals surface area contributed by atoms with Gasteiger partial charge in [-0.25, -0.2) is 18.7 Å². The minimum atomic E-state index is -0.836. The maximum atomic E-state index is 14.6. The summed E-state index contributed by atoms with van der Waals surface area (Å²) in [6.45, 7) is 1.32. The first kappa shape index (κ1) is 23.7. The van der Waals surface area contributed by atoms with E-state index in [9.17, 15) is 13.6 Å². The zero-order valence-corrected chi connectivity index (χ0v) is 19.7. The first-order valence-electron chi connectivity index (χ1n) is 11.7. The van der Waals surface area contributed by atoms with Crippen molar-refractivity contribution in [1.29, 1.82) is 0 Å². The molecule has 35 heavy (non-hydrogen) atoms. The Kier molecular flexibility index (Phi) is 6.70. The fourth-order valence-corrected chi connectivity index (χ4v) is 5.07. The van der Waals surface area contributed by atoms with Gasteiger partial charge in [-0.05, 0) is 44.6 Å². The number of aromatic nitrogens is 4. The van der Waals surface area contributed by atoms with Crippen LogP contribution in [0.3, 0.4) is 0 Å². The largest absolute Gasteiger partial charge is 0.379 e. The summed E-state index contributed by atoms with van der Waals surface area (Å²) in [5.41, 5.74) is 6.50. The predicted octanol–water partition coefficient (Wildman–Crippen LogP) is 4.31. The molecule has 0 radical (unpaired) electrons. The minimum Gasteiger partial charge on any atom is -0.379 e. The first-order chi connectivity index (χ1) is 16.9. The highest BCUT2D eigenvalue weighted by Crippen LogP contribution is 2.38. The molecular formula is C23H26ClF2N7O2.